The van der Waals surface area contributed by atoms with E-state index in [0.717, 1.165) is 35.7 Å². The van der Waals surface area contributed by atoms with Crippen molar-refractivity contribution in [3.8, 4) is 0 Å². The largest absolute Gasteiger partial charge is 0.294 e. The number of Topliss-reactive ketones (excluding diaryl/α,β-unsaturated/α-hetero) is 1. The van der Waals surface area contributed by atoms with Gasteiger partial charge >= 0.3 is 0 Å². The molecular weight excluding hydrogens is 200 g/mol. The molecule has 2 aliphatic rings. The van der Waals surface area contributed by atoms with Crippen molar-refractivity contribution in [3.05, 3.63) is 17.0 Å². The summed E-state index contributed by atoms with van der Waals surface area (Å²) in [5.41, 5.74) is 3.11. The Bertz CT molecular complexity index is 427. The van der Waals surface area contributed by atoms with Crippen LogP contribution in [0.15, 0.2) is 0 Å². The summed E-state index contributed by atoms with van der Waals surface area (Å²) in [4.78, 5) is 12.1. The fraction of sp³-hybridized carbons (Fsp3) is 0.692. The van der Waals surface area contributed by atoms with Crippen LogP contribution in [0.2, 0.25) is 0 Å². The number of nitrogens with zero attached hydrogens (tertiary/aromatic N) is 1. The first kappa shape index (κ1) is 10.1. The lowest BCUT2D eigenvalue weighted by molar-refractivity contribution is 0.0910. The van der Waals surface area contributed by atoms with Gasteiger partial charge in [-0.3, -0.25) is 9.89 Å². The molecule has 0 aromatic carbocycles. The molecule has 1 heterocycles. The predicted octanol–water partition coefficient (Wildman–Crippen LogP) is 2.52. The second kappa shape index (κ2) is 3.19. The van der Waals surface area contributed by atoms with E-state index in [4.69, 9.17) is 0 Å². The van der Waals surface area contributed by atoms with Crippen LogP contribution in [-0.4, -0.2) is 16.0 Å². The summed E-state index contributed by atoms with van der Waals surface area (Å²) >= 11 is 0. The van der Waals surface area contributed by atoms with Crippen LogP contribution < -0.4 is 0 Å². The Morgan fingerprint density at radius 3 is 2.81 bits per heavy atom. The topological polar surface area (TPSA) is 45.8 Å². The fourth-order valence-corrected chi connectivity index (χ4v) is 2.69. The maximum absolute atomic E-state index is 12.1. The van der Waals surface area contributed by atoms with Gasteiger partial charge in [0.15, 0.2) is 5.78 Å². The molecule has 0 bridgehead atoms. The number of nitrogens with one attached hydrogen (secondary N) is 1. The molecule has 1 saturated carbocycles. The monoisotopic (exact) mass is 218 g/mol. The van der Waals surface area contributed by atoms with Crippen LogP contribution in [0.5, 0.6) is 0 Å². The molecule has 0 radical (unpaired) electrons. The van der Waals surface area contributed by atoms with E-state index in [1.54, 1.807) is 0 Å². The highest BCUT2D eigenvalue weighted by atomic mass is 16.1. The maximum Gasteiger partial charge on any atom is 0.167 e. The van der Waals surface area contributed by atoms with Gasteiger partial charge in [-0.1, -0.05) is 13.8 Å². The average Bonchev–Trinajstić information content (AvgIpc) is 2.86. The summed E-state index contributed by atoms with van der Waals surface area (Å²) < 4.78 is 0. The summed E-state index contributed by atoms with van der Waals surface area (Å²) in [6.45, 7) is 4.30. The quantitative estimate of drug-likeness (QED) is 0.829. The zero-order chi connectivity index (χ0) is 11.3. The number of aromatic amines is 1. The minimum atomic E-state index is 0.0907. The molecule has 0 amide bonds. The third-order valence-corrected chi connectivity index (χ3v) is 3.67. The SMILES string of the molecule is CC1(C)CC(=O)c2c(CC3CC3)n[nH]c2C1. The molecule has 2 aliphatic carbocycles. The molecule has 16 heavy (non-hydrogen) atoms. The zero-order valence-corrected chi connectivity index (χ0v) is 9.97. The third kappa shape index (κ3) is 1.68. The standard InChI is InChI=1S/C13H18N2O/c1-13(2)6-10-12(11(16)7-13)9(14-15-10)5-8-3-4-8/h8H,3-7H2,1-2H3,(H,14,15). The first-order valence-electron chi connectivity index (χ1n) is 6.14. The smallest absolute Gasteiger partial charge is 0.167 e. The van der Waals surface area contributed by atoms with Crippen LogP contribution >= 0.6 is 0 Å². The van der Waals surface area contributed by atoms with E-state index in [0.29, 0.717) is 6.42 Å². The molecule has 0 unspecified atom stereocenters. The Morgan fingerprint density at radius 2 is 2.12 bits per heavy atom. The Labute approximate surface area is 95.6 Å². The van der Waals surface area contributed by atoms with E-state index in [2.05, 4.69) is 24.0 Å². The lowest BCUT2D eigenvalue weighted by atomic mass is 9.75. The summed E-state index contributed by atoms with van der Waals surface area (Å²) in [6.07, 6.45) is 5.23. The van der Waals surface area contributed by atoms with Crippen molar-refractivity contribution in [1.82, 2.24) is 10.2 Å². The lowest BCUT2D eigenvalue weighted by Crippen LogP contribution is -2.27. The summed E-state index contributed by atoms with van der Waals surface area (Å²) in [7, 11) is 0. The molecule has 3 nitrogen and oxygen atoms in total. The molecule has 3 rings (SSSR count). The molecule has 86 valence electrons. The van der Waals surface area contributed by atoms with Gasteiger partial charge in [-0.05, 0) is 37.0 Å². The van der Waals surface area contributed by atoms with Gasteiger partial charge in [-0.2, -0.15) is 5.10 Å². The highest BCUT2D eigenvalue weighted by Gasteiger charge is 2.35. The Kier molecular flexibility index (Phi) is 2.00. The second-order valence-electron chi connectivity index (χ2n) is 6.11. The first-order valence-corrected chi connectivity index (χ1v) is 6.14. The molecule has 3 heteroatoms. The van der Waals surface area contributed by atoms with Crippen molar-refractivity contribution in [2.45, 2.75) is 46.0 Å². The first-order chi connectivity index (χ1) is 7.55. The van der Waals surface area contributed by atoms with Gasteiger partial charge in [0, 0.05) is 12.1 Å². The Morgan fingerprint density at radius 1 is 1.38 bits per heavy atom. The predicted molar refractivity (Wildman–Crippen MR) is 61.4 cm³/mol. The van der Waals surface area contributed by atoms with Crippen molar-refractivity contribution < 1.29 is 4.79 Å². The van der Waals surface area contributed by atoms with Gasteiger partial charge in [-0.25, -0.2) is 0 Å². The van der Waals surface area contributed by atoms with Crippen LogP contribution in [0.3, 0.4) is 0 Å². The van der Waals surface area contributed by atoms with E-state index < -0.39 is 0 Å². The Balaban J connectivity index is 1.94. The molecule has 0 spiro atoms. The van der Waals surface area contributed by atoms with Gasteiger partial charge in [0.25, 0.3) is 0 Å². The lowest BCUT2D eigenvalue weighted by Gasteiger charge is -2.27. The van der Waals surface area contributed by atoms with Crippen molar-refractivity contribution in [2.75, 3.05) is 0 Å². The zero-order valence-electron chi connectivity index (χ0n) is 9.97. The van der Waals surface area contributed by atoms with E-state index in [-0.39, 0.29) is 11.2 Å². The highest BCUT2D eigenvalue weighted by Crippen LogP contribution is 2.38. The van der Waals surface area contributed by atoms with Crippen LogP contribution in [0.4, 0.5) is 0 Å². The summed E-state index contributed by atoms with van der Waals surface area (Å²) in [6, 6.07) is 0. The number of hydrogen-bond acceptors (Lipinski definition) is 2. The van der Waals surface area contributed by atoms with Gasteiger partial charge in [-0.15, -0.1) is 0 Å². The van der Waals surface area contributed by atoms with Gasteiger partial charge < -0.3 is 0 Å². The minimum absolute atomic E-state index is 0.0907. The number of carbonyl (C=O) groups excluding carboxylic acids is 1. The van der Waals surface area contributed by atoms with Crippen molar-refractivity contribution in [1.29, 1.82) is 0 Å². The van der Waals surface area contributed by atoms with Gasteiger partial charge in [0.2, 0.25) is 0 Å². The number of hydrogen-bond donors (Lipinski definition) is 1. The fourth-order valence-electron chi connectivity index (χ4n) is 2.69. The molecule has 1 N–H and O–H groups in total. The number of ketones is 1. The number of aromatic nitrogens is 2. The van der Waals surface area contributed by atoms with E-state index >= 15 is 0 Å². The van der Waals surface area contributed by atoms with Gasteiger partial charge in [0.05, 0.1) is 11.3 Å². The average molecular weight is 218 g/mol. The highest BCUT2D eigenvalue weighted by molar-refractivity contribution is 5.99. The Hall–Kier alpha value is -1.12. The minimum Gasteiger partial charge on any atom is -0.294 e. The van der Waals surface area contributed by atoms with E-state index in [1.807, 2.05) is 0 Å². The molecule has 0 saturated heterocycles. The maximum atomic E-state index is 12.1. The van der Waals surface area contributed by atoms with E-state index in [1.165, 1.54) is 12.8 Å². The van der Waals surface area contributed by atoms with Crippen LogP contribution in [-0.2, 0) is 12.8 Å². The molecule has 1 fully saturated rings. The van der Waals surface area contributed by atoms with E-state index in [9.17, 15) is 4.79 Å². The van der Waals surface area contributed by atoms with Crippen LogP contribution in [0.25, 0.3) is 0 Å². The molecular formula is C13H18N2O. The number of H-pyrrole nitrogens is 1. The number of fused-ring (bicyclic) bond motifs is 1. The molecule has 1 aromatic heterocycles. The van der Waals surface area contributed by atoms with Crippen molar-refractivity contribution in [3.63, 3.8) is 0 Å². The third-order valence-electron chi connectivity index (χ3n) is 3.67. The number of carbonyl (C=O) groups is 1. The molecule has 0 aliphatic heterocycles. The van der Waals surface area contributed by atoms with Crippen molar-refractivity contribution >= 4 is 5.78 Å². The van der Waals surface area contributed by atoms with Crippen molar-refractivity contribution in [2.24, 2.45) is 11.3 Å². The molecule has 1 aromatic rings. The van der Waals surface area contributed by atoms with Crippen LogP contribution in [0.1, 0.15) is 54.9 Å². The second-order valence-corrected chi connectivity index (χ2v) is 6.11. The summed E-state index contributed by atoms with van der Waals surface area (Å²) in [5, 5.41) is 7.42. The molecule has 0 atom stereocenters. The van der Waals surface area contributed by atoms with Gasteiger partial charge in [0.1, 0.15) is 0 Å². The normalized spacial score (nSPS) is 23.2. The van der Waals surface area contributed by atoms with Crippen LogP contribution in [0, 0.1) is 11.3 Å². The summed E-state index contributed by atoms with van der Waals surface area (Å²) in [5.74, 6) is 1.07. The number of rotatable bonds is 2.